The summed E-state index contributed by atoms with van der Waals surface area (Å²) >= 11 is 0. The molecule has 0 spiro atoms. The number of ether oxygens (including phenoxy) is 1. The molecule has 14 heavy (non-hydrogen) atoms. The highest BCUT2D eigenvalue weighted by Crippen LogP contribution is 2.03. The molecule has 0 aliphatic carbocycles. The van der Waals surface area contributed by atoms with E-state index < -0.39 is 0 Å². The van der Waals surface area contributed by atoms with Crippen molar-refractivity contribution in [2.75, 3.05) is 6.61 Å². The normalized spacial score (nSPS) is 9.86. The van der Waals surface area contributed by atoms with Gasteiger partial charge in [-0.05, 0) is 24.6 Å². The highest BCUT2D eigenvalue weighted by Gasteiger charge is 2.05. The molecule has 4 nitrogen and oxygen atoms in total. The fourth-order valence-electron chi connectivity index (χ4n) is 1.08. The van der Waals surface area contributed by atoms with Gasteiger partial charge in [0.25, 0.3) is 0 Å². The molecule has 0 amide bonds. The molecule has 76 valence electrons. The van der Waals surface area contributed by atoms with Crippen molar-refractivity contribution in [3.8, 4) is 0 Å². The fraction of sp³-hybridized carbons (Fsp3) is 0.400. The first kappa shape index (κ1) is 10.7. The Morgan fingerprint density at radius 2 is 2.43 bits per heavy atom. The molecule has 1 rings (SSSR count). The molecular weight excluding hydrogens is 182 g/mol. The van der Waals surface area contributed by atoms with E-state index in [-0.39, 0.29) is 19.0 Å². The maximum absolute atomic E-state index is 11.1. The maximum Gasteiger partial charge on any atom is 0.311 e. The van der Waals surface area contributed by atoms with E-state index in [1.54, 1.807) is 25.3 Å². The molecule has 0 aromatic carbocycles. The van der Waals surface area contributed by atoms with Crippen molar-refractivity contribution in [2.45, 2.75) is 20.0 Å². The van der Waals surface area contributed by atoms with Crippen LogP contribution in [0.1, 0.15) is 18.2 Å². The third kappa shape index (κ3) is 3.14. The number of aliphatic hydroxyl groups excluding tert-OH is 1. The smallest absolute Gasteiger partial charge is 0.311 e. The Bertz CT molecular complexity index is 312. The van der Waals surface area contributed by atoms with Crippen LogP contribution < -0.4 is 0 Å². The first-order chi connectivity index (χ1) is 6.76. The van der Waals surface area contributed by atoms with Crippen LogP contribution in [0.25, 0.3) is 0 Å². The van der Waals surface area contributed by atoms with E-state index in [2.05, 4.69) is 4.98 Å². The zero-order chi connectivity index (χ0) is 10.4. The monoisotopic (exact) mass is 195 g/mol. The minimum absolute atomic E-state index is 0.0433. The van der Waals surface area contributed by atoms with Gasteiger partial charge in [-0.25, -0.2) is 0 Å². The molecule has 0 fully saturated rings. The van der Waals surface area contributed by atoms with Crippen LogP contribution in [0.5, 0.6) is 0 Å². The molecule has 0 aliphatic heterocycles. The Balaban J connectivity index is 2.62. The first-order valence-electron chi connectivity index (χ1n) is 4.46. The number of esters is 1. The van der Waals surface area contributed by atoms with E-state index in [9.17, 15) is 4.79 Å². The van der Waals surface area contributed by atoms with Gasteiger partial charge in [0, 0.05) is 6.20 Å². The van der Waals surface area contributed by atoms with Crippen molar-refractivity contribution in [3.63, 3.8) is 0 Å². The van der Waals surface area contributed by atoms with Crippen molar-refractivity contribution < 1.29 is 14.6 Å². The van der Waals surface area contributed by atoms with Crippen molar-refractivity contribution in [1.82, 2.24) is 4.98 Å². The summed E-state index contributed by atoms with van der Waals surface area (Å²) in [4.78, 5) is 15.1. The molecule has 1 N–H and O–H groups in total. The topological polar surface area (TPSA) is 59.4 Å². The van der Waals surface area contributed by atoms with Crippen molar-refractivity contribution in [1.29, 1.82) is 0 Å². The summed E-state index contributed by atoms with van der Waals surface area (Å²) in [5, 5.41) is 8.86. The zero-order valence-electron chi connectivity index (χ0n) is 8.06. The second-order valence-electron chi connectivity index (χ2n) is 2.80. The molecule has 0 saturated heterocycles. The van der Waals surface area contributed by atoms with E-state index in [1.165, 1.54) is 0 Å². The number of pyridine rings is 1. The van der Waals surface area contributed by atoms with Crippen LogP contribution in [-0.4, -0.2) is 22.7 Å². The summed E-state index contributed by atoms with van der Waals surface area (Å²) in [5.74, 6) is -0.296. The predicted molar refractivity (Wildman–Crippen MR) is 50.5 cm³/mol. The third-order valence-electron chi connectivity index (χ3n) is 1.69. The quantitative estimate of drug-likeness (QED) is 0.718. The van der Waals surface area contributed by atoms with E-state index in [1.807, 2.05) is 0 Å². The van der Waals surface area contributed by atoms with Gasteiger partial charge in [-0.15, -0.1) is 0 Å². The second kappa shape index (κ2) is 5.34. The van der Waals surface area contributed by atoms with Crippen LogP contribution in [0.2, 0.25) is 0 Å². The minimum Gasteiger partial charge on any atom is -0.466 e. The van der Waals surface area contributed by atoms with Crippen molar-refractivity contribution in [3.05, 3.63) is 29.6 Å². The summed E-state index contributed by atoms with van der Waals surface area (Å²) in [6.07, 6.45) is 1.72. The van der Waals surface area contributed by atoms with Gasteiger partial charge >= 0.3 is 5.97 Å². The maximum atomic E-state index is 11.1. The Hall–Kier alpha value is -1.42. The molecule has 1 aromatic rings. The molecule has 4 heteroatoms. The van der Waals surface area contributed by atoms with E-state index in [0.29, 0.717) is 12.3 Å². The lowest BCUT2D eigenvalue weighted by molar-refractivity contribution is -0.142. The second-order valence-corrected chi connectivity index (χ2v) is 2.80. The molecule has 0 unspecified atom stereocenters. The van der Waals surface area contributed by atoms with E-state index >= 15 is 0 Å². The largest absolute Gasteiger partial charge is 0.466 e. The van der Waals surface area contributed by atoms with Gasteiger partial charge in [-0.2, -0.15) is 0 Å². The average molecular weight is 195 g/mol. The van der Waals surface area contributed by atoms with Gasteiger partial charge in [0.2, 0.25) is 0 Å². The number of hydrogen-bond donors (Lipinski definition) is 1. The summed E-state index contributed by atoms with van der Waals surface area (Å²) in [6, 6.07) is 3.39. The van der Waals surface area contributed by atoms with Gasteiger partial charge in [0.05, 0.1) is 25.3 Å². The third-order valence-corrected chi connectivity index (χ3v) is 1.69. The molecule has 0 radical (unpaired) electrons. The lowest BCUT2D eigenvalue weighted by atomic mass is 10.2. The van der Waals surface area contributed by atoms with Gasteiger partial charge in [-0.3, -0.25) is 9.78 Å². The van der Waals surface area contributed by atoms with E-state index in [4.69, 9.17) is 9.84 Å². The Morgan fingerprint density at radius 1 is 1.64 bits per heavy atom. The van der Waals surface area contributed by atoms with Crippen LogP contribution in [0.3, 0.4) is 0 Å². The Labute approximate surface area is 82.5 Å². The van der Waals surface area contributed by atoms with Gasteiger partial charge in [-0.1, -0.05) is 0 Å². The van der Waals surface area contributed by atoms with Crippen LogP contribution in [0.4, 0.5) is 0 Å². The number of rotatable bonds is 4. The Kier molecular flexibility index (Phi) is 4.07. The number of nitrogens with zero attached hydrogens (tertiary/aromatic N) is 1. The fourth-order valence-corrected chi connectivity index (χ4v) is 1.08. The number of carbonyl (C=O) groups is 1. The highest BCUT2D eigenvalue weighted by molar-refractivity contribution is 5.71. The highest BCUT2D eigenvalue weighted by atomic mass is 16.5. The molecule has 0 atom stereocenters. The lowest BCUT2D eigenvalue weighted by Gasteiger charge is -2.02. The van der Waals surface area contributed by atoms with Gasteiger partial charge in [0.1, 0.15) is 0 Å². The van der Waals surface area contributed by atoms with Gasteiger partial charge in [0.15, 0.2) is 0 Å². The van der Waals surface area contributed by atoms with Crippen LogP contribution >= 0.6 is 0 Å². The standard InChI is InChI=1S/C10H13NO3/c1-2-14-10(13)6-9-5-8(7-12)3-4-11-9/h3-5,12H,2,6-7H2,1H3. The van der Waals surface area contributed by atoms with Crippen molar-refractivity contribution >= 4 is 5.97 Å². The predicted octanol–water partition coefficient (Wildman–Crippen LogP) is 0.679. The summed E-state index contributed by atoms with van der Waals surface area (Å²) in [5.41, 5.74) is 1.37. The van der Waals surface area contributed by atoms with Crippen LogP contribution in [0.15, 0.2) is 18.3 Å². The summed E-state index contributed by atoms with van der Waals surface area (Å²) < 4.78 is 4.78. The molecular formula is C10H13NO3. The number of carbonyl (C=O) groups excluding carboxylic acids is 1. The molecule has 1 aromatic heterocycles. The first-order valence-corrected chi connectivity index (χ1v) is 4.46. The Morgan fingerprint density at radius 3 is 3.07 bits per heavy atom. The lowest BCUT2D eigenvalue weighted by Crippen LogP contribution is -2.08. The SMILES string of the molecule is CCOC(=O)Cc1cc(CO)ccn1. The zero-order valence-corrected chi connectivity index (χ0v) is 8.06. The molecule has 1 heterocycles. The van der Waals surface area contributed by atoms with Crippen LogP contribution in [0, 0.1) is 0 Å². The van der Waals surface area contributed by atoms with Gasteiger partial charge < -0.3 is 9.84 Å². The molecule has 0 aliphatic rings. The van der Waals surface area contributed by atoms with E-state index in [0.717, 1.165) is 5.56 Å². The summed E-state index contributed by atoms with van der Waals surface area (Å²) in [6.45, 7) is 2.09. The minimum atomic E-state index is -0.296. The molecule has 0 saturated carbocycles. The number of aliphatic hydroxyl groups is 1. The number of aromatic nitrogens is 1. The van der Waals surface area contributed by atoms with Crippen LogP contribution in [-0.2, 0) is 22.6 Å². The van der Waals surface area contributed by atoms with Crippen molar-refractivity contribution in [2.24, 2.45) is 0 Å². The summed E-state index contributed by atoms with van der Waals surface area (Å²) in [7, 11) is 0. The number of hydrogen-bond acceptors (Lipinski definition) is 4. The average Bonchev–Trinajstić information content (AvgIpc) is 2.18. The molecule has 0 bridgehead atoms.